The Balaban J connectivity index is 2.42. The van der Waals surface area contributed by atoms with Crippen molar-refractivity contribution in [3.63, 3.8) is 0 Å². The van der Waals surface area contributed by atoms with Crippen LogP contribution in [0.1, 0.15) is 12.5 Å². The Morgan fingerprint density at radius 3 is 2.14 bits per heavy atom. The van der Waals surface area contributed by atoms with Crippen molar-refractivity contribution in [1.82, 2.24) is 20.6 Å². The molecule has 1 saturated heterocycles. The maximum absolute atomic E-state index is 11.6. The highest BCUT2D eigenvalue weighted by molar-refractivity contribution is 6.29. The van der Waals surface area contributed by atoms with Gasteiger partial charge in [-0.05, 0) is 24.6 Å². The lowest BCUT2D eigenvalue weighted by Gasteiger charge is -2.13. The van der Waals surface area contributed by atoms with Crippen LogP contribution in [0.15, 0.2) is 26.8 Å². The molecule has 2 heterocycles. The summed E-state index contributed by atoms with van der Waals surface area (Å²) in [6.07, 6.45) is 2.29. The third-order valence-corrected chi connectivity index (χ3v) is 2.65. The monoisotopic (exact) mass is 306 g/mol. The first kappa shape index (κ1) is 15.0. The average molecular weight is 306 g/mol. The summed E-state index contributed by atoms with van der Waals surface area (Å²) >= 11 is 0. The predicted octanol–water partition coefficient (Wildman–Crippen LogP) is -1.54. The van der Waals surface area contributed by atoms with Gasteiger partial charge in [0.1, 0.15) is 11.1 Å². The van der Waals surface area contributed by atoms with E-state index >= 15 is 0 Å². The maximum atomic E-state index is 11.6. The van der Waals surface area contributed by atoms with Gasteiger partial charge in [0.2, 0.25) is 5.88 Å². The summed E-state index contributed by atoms with van der Waals surface area (Å²) in [6, 6.07) is -0.927. The number of H-pyrrole nitrogens is 2. The van der Waals surface area contributed by atoms with Crippen LogP contribution >= 0.6 is 0 Å². The minimum atomic E-state index is -0.927. The number of carbonyl (C=O) groups is 3. The molecule has 0 unspecified atom stereocenters. The normalized spacial score (nSPS) is 15.4. The van der Waals surface area contributed by atoms with Gasteiger partial charge in [-0.3, -0.25) is 35.0 Å². The molecule has 4 amide bonds. The van der Waals surface area contributed by atoms with Gasteiger partial charge in [-0.2, -0.15) is 0 Å². The molecular formula is C12H10N4O6. The van der Waals surface area contributed by atoms with Crippen LogP contribution in [0.3, 0.4) is 0 Å². The van der Waals surface area contributed by atoms with Crippen molar-refractivity contribution < 1.29 is 19.5 Å². The van der Waals surface area contributed by atoms with E-state index < -0.39 is 35.0 Å². The summed E-state index contributed by atoms with van der Waals surface area (Å²) < 4.78 is 0. The lowest BCUT2D eigenvalue weighted by molar-refractivity contribution is -0.124. The highest BCUT2D eigenvalue weighted by Gasteiger charge is 2.27. The van der Waals surface area contributed by atoms with Crippen molar-refractivity contribution in [3.05, 3.63) is 43.6 Å². The number of amides is 4. The second kappa shape index (κ2) is 5.52. The van der Waals surface area contributed by atoms with E-state index in [-0.39, 0.29) is 16.7 Å². The number of aromatic nitrogens is 2. The maximum Gasteiger partial charge on any atom is 0.328 e. The van der Waals surface area contributed by atoms with Crippen molar-refractivity contribution in [1.29, 1.82) is 0 Å². The van der Waals surface area contributed by atoms with Crippen LogP contribution in [0, 0.1) is 0 Å². The molecular weight excluding hydrogens is 296 g/mol. The first-order valence-electron chi connectivity index (χ1n) is 5.90. The first-order valence-corrected chi connectivity index (χ1v) is 5.90. The average Bonchev–Trinajstić information content (AvgIpc) is 2.38. The van der Waals surface area contributed by atoms with Crippen LogP contribution in [0.25, 0.3) is 6.08 Å². The largest absolute Gasteiger partial charge is 0.494 e. The molecule has 0 bridgehead atoms. The third kappa shape index (κ3) is 3.00. The number of hydrogen-bond donors (Lipinski definition) is 5. The fourth-order valence-corrected chi connectivity index (χ4v) is 1.72. The molecule has 1 aromatic rings. The van der Waals surface area contributed by atoms with E-state index in [0.29, 0.717) is 0 Å². The molecule has 10 heteroatoms. The Kier molecular flexibility index (Phi) is 3.75. The summed E-state index contributed by atoms with van der Waals surface area (Å²) in [6.45, 7) is 1.45. The number of nitrogens with one attached hydrogen (secondary N) is 4. The Labute approximate surface area is 121 Å². The summed E-state index contributed by atoms with van der Waals surface area (Å²) in [4.78, 5) is 60.4. The summed E-state index contributed by atoms with van der Waals surface area (Å²) in [5.41, 5.74) is -2.05. The van der Waals surface area contributed by atoms with E-state index in [1.165, 1.54) is 6.92 Å². The molecule has 0 aromatic carbocycles. The van der Waals surface area contributed by atoms with Gasteiger partial charge >= 0.3 is 11.7 Å². The number of barbiturate groups is 1. The first-order chi connectivity index (χ1) is 10.3. The van der Waals surface area contributed by atoms with Crippen molar-refractivity contribution in [3.8, 4) is 5.88 Å². The van der Waals surface area contributed by atoms with Crippen molar-refractivity contribution in [2.45, 2.75) is 6.92 Å². The second-order valence-electron chi connectivity index (χ2n) is 4.35. The van der Waals surface area contributed by atoms with Crippen molar-refractivity contribution in [2.75, 3.05) is 0 Å². The van der Waals surface area contributed by atoms with Crippen LogP contribution < -0.4 is 21.9 Å². The SMILES string of the molecule is CC(=Cc1c(O)[nH]c(=O)[nH]c1=O)C=C1C(=O)NC(=O)NC1=O. The van der Waals surface area contributed by atoms with Gasteiger partial charge in [0.05, 0.1) is 0 Å². The van der Waals surface area contributed by atoms with Crippen molar-refractivity contribution in [2.24, 2.45) is 0 Å². The fraction of sp³-hybridized carbons (Fsp3) is 0.0833. The molecule has 5 N–H and O–H groups in total. The molecule has 0 radical (unpaired) electrons. The van der Waals surface area contributed by atoms with Crippen LogP contribution in [-0.2, 0) is 9.59 Å². The van der Waals surface area contributed by atoms with Crippen LogP contribution in [0.2, 0.25) is 0 Å². The van der Waals surface area contributed by atoms with Gasteiger partial charge < -0.3 is 5.11 Å². The molecule has 1 aliphatic rings. The molecule has 0 aliphatic carbocycles. The van der Waals surface area contributed by atoms with Crippen molar-refractivity contribution >= 4 is 23.9 Å². The zero-order valence-corrected chi connectivity index (χ0v) is 11.1. The van der Waals surface area contributed by atoms with Gasteiger partial charge in [0, 0.05) is 0 Å². The van der Waals surface area contributed by atoms with Crippen LogP contribution in [-0.4, -0.2) is 32.9 Å². The Morgan fingerprint density at radius 1 is 1.00 bits per heavy atom. The van der Waals surface area contributed by atoms with Gasteiger partial charge in [-0.15, -0.1) is 0 Å². The topological polar surface area (TPSA) is 161 Å². The van der Waals surface area contributed by atoms with E-state index in [1.54, 1.807) is 0 Å². The molecule has 0 spiro atoms. The van der Waals surface area contributed by atoms with Gasteiger partial charge in [-0.25, -0.2) is 9.59 Å². The third-order valence-electron chi connectivity index (χ3n) is 2.65. The molecule has 10 nitrogen and oxygen atoms in total. The van der Waals surface area contributed by atoms with Gasteiger partial charge in [0.15, 0.2) is 0 Å². The standard InChI is InChI=1S/C12H10N4O6/c1-4(2-5-7(17)13-11(21)14-8(5)18)3-6-9(19)15-12(22)16-10(6)20/h2-3H,1H3,(H2,13,14,17,18,21)(H3,15,16,19,20,22). The van der Waals surface area contributed by atoms with E-state index in [1.807, 2.05) is 20.6 Å². The zero-order chi connectivity index (χ0) is 16.4. The molecule has 114 valence electrons. The number of allylic oxidation sites excluding steroid dienone is 2. The van der Waals surface area contributed by atoms with E-state index in [2.05, 4.69) is 0 Å². The lowest BCUT2D eigenvalue weighted by atomic mass is 10.1. The molecule has 0 atom stereocenters. The molecule has 1 aliphatic heterocycles. The Hall–Kier alpha value is -3.43. The van der Waals surface area contributed by atoms with Gasteiger partial charge in [0.25, 0.3) is 17.4 Å². The van der Waals surface area contributed by atoms with Gasteiger partial charge in [-0.1, -0.05) is 0 Å². The van der Waals surface area contributed by atoms with E-state index in [9.17, 15) is 29.1 Å². The highest BCUT2D eigenvalue weighted by atomic mass is 16.3. The molecule has 1 fully saturated rings. The summed E-state index contributed by atoms with van der Waals surface area (Å²) in [7, 11) is 0. The number of aromatic amines is 2. The summed E-state index contributed by atoms with van der Waals surface area (Å²) in [5, 5.41) is 13.3. The fourth-order valence-electron chi connectivity index (χ4n) is 1.72. The minimum Gasteiger partial charge on any atom is -0.494 e. The minimum absolute atomic E-state index is 0.248. The number of imide groups is 2. The van der Waals surface area contributed by atoms with Crippen LogP contribution in [0.5, 0.6) is 5.88 Å². The van der Waals surface area contributed by atoms with E-state index in [4.69, 9.17) is 0 Å². The Bertz CT molecular complexity index is 835. The quantitative estimate of drug-likeness (QED) is 0.329. The van der Waals surface area contributed by atoms with E-state index in [0.717, 1.165) is 12.2 Å². The zero-order valence-electron chi connectivity index (χ0n) is 11.1. The molecule has 2 rings (SSSR count). The Morgan fingerprint density at radius 2 is 1.59 bits per heavy atom. The number of carbonyl (C=O) groups excluding carboxylic acids is 3. The number of aromatic hydroxyl groups is 1. The number of rotatable bonds is 2. The number of urea groups is 1. The predicted molar refractivity (Wildman–Crippen MR) is 72.8 cm³/mol. The number of hydrogen-bond acceptors (Lipinski definition) is 6. The molecule has 22 heavy (non-hydrogen) atoms. The highest BCUT2D eigenvalue weighted by Crippen LogP contribution is 2.13. The smallest absolute Gasteiger partial charge is 0.328 e. The summed E-state index contributed by atoms with van der Waals surface area (Å²) in [5.74, 6) is -2.43. The molecule has 1 aromatic heterocycles. The van der Waals surface area contributed by atoms with Crippen LogP contribution in [0.4, 0.5) is 4.79 Å². The lowest BCUT2D eigenvalue weighted by Crippen LogP contribution is -2.51. The second-order valence-corrected chi connectivity index (χ2v) is 4.35. The molecule has 0 saturated carbocycles.